The Hall–Kier alpha value is -2.68. The molecule has 0 atom stereocenters. The van der Waals surface area contributed by atoms with E-state index in [1.54, 1.807) is 12.1 Å². The summed E-state index contributed by atoms with van der Waals surface area (Å²) < 4.78 is 0. The maximum Gasteiger partial charge on any atom is 0.315 e. The molecule has 9 heteroatoms. The summed E-state index contributed by atoms with van der Waals surface area (Å²) in [5, 5.41) is 20.3. The maximum absolute atomic E-state index is 12.8. The number of rotatable bonds is 6. The van der Waals surface area contributed by atoms with Gasteiger partial charge in [-0.25, -0.2) is 4.79 Å². The molecule has 6 rings (SSSR count). The van der Waals surface area contributed by atoms with E-state index in [0.29, 0.717) is 13.1 Å². The number of carbonyl (C=O) groups is 2. The molecule has 0 unspecified atom stereocenters. The molecule has 4 bridgehead atoms. The molecule has 3 amide bonds. The number of hydrogen-bond donors (Lipinski definition) is 3. The molecule has 1 aromatic rings. The largest absolute Gasteiger partial charge is 0.335 e. The summed E-state index contributed by atoms with van der Waals surface area (Å²) in [6, 6.07) is 6.22. The molecule has 5 fully saturated rings. The quantitative estimate of drug-likeness (QED) is 0.450. The first kappa shape index (κ1) is 22.1. The van der Waals surface area contributed by atoms with Gasteiger partial charge in [-0.1, -0.05) is 12.1 Å². The molecule has 0 radical (unpaired) electrons. The predicted molar refractivity (Wildman–Crippen MR) is 124 cm³/mol. The lowest BCUT2D eigenvalue weighted by Gasteiger charge is -2.56. The van der Waals surface area contributed by atoms with Gasteiger partial charge in [0.05, 0.1) is 11.5 Å². The number of nitro groups is 1. The summed E-state index contributed by atoms with van der Waals surface area (Å²) in [5.41, 5.74) is 0.113. The van der Waals surface area contributed by atoms with Crippen LogP contribution in [0.25, 0.3) is 0 Å². The van der Waals surface area contributed by atoms with Gasteiger partial charge in [0.25, 0.3) is 5.69 Å². The van der Waals surface area contributed by atoms with E-state index >= 15 is 0 Å². The number of nitrogens with zero attached hydrogens (tertiary/aromatic N) is 2. The van der Waals surface area contributed by atoms with Crippen molar-refractivity contribution in [3.8, 4) is 0 Å². The van der Waals surface area contributed by atoms with Crippen LogP contribution in [0.3, 0.4) is 0 Å². The van der Waals surface area contributed by atoms with Crippen LogP contribution < -0.4 is 16.0 Å². The number of carbonyl (C=O) groups excluding carboxylic acids is 2. The first-order valence-electron chi connectivity index (χ1n) is 12.2. The van der Waals surface area contributed by atoms with Gasteiger partial charge >= 0.3 is 6.03 Å². The zero-order valence-corrected chi connectivity index (χ0v) is 18.9. The number of para-hydroxylation sites is 2. The second kappa shape index (κ2) is 8.93. The number of nitrogens with one attached hydrogen (secondary N) is 3. The van der Waals surface area contributed by atoms with E-state index in [-0.39, 0.29) is 41.4 Å². The van der Waals surface area contributed by atoms with Gasteiger partial charge in [-0.2, -0.15) is 0 Å². The Morgan fingerprint density at radius 3 is 2.24 bits per heavy atom. The van der Waals surface area contributed by atoms with Crippen LogP contribution in [0.4, 0.5) is 16.2 Å². The molecule has 0 aromatic heterocycles. The van der Waals surface area contributed by atoms with E-state index < -0.39 is 4.92 Å². The number of likely N-dealkylation sites (tertiary alicyclic amines) is 1. The molecule has 1 aromatic carbocycles. The van der Waals surface area contributed by atoms with Crippen molar-refractivity contribution in [1.29, 1.82) is 0 Å². The summed E-state index contributed by atoms with van der Waals surface area (Å²) in [6.07, 6.45) is 9.05. The Labute approximate surface area is 193 Å². The number of hydrogen-bond acceptors (Lipinski definition) is 5. The summed E-state index contributed by atoms with van der Waals surface area (Å²) in [5.74, 6) is 2.12. The average Bonchev–Trinajstić information content (AvgIpc) is 2.74. The minimum Gasteiger partial charge on any atom is -0.335 e. The van der Waals surface area contributed by atoms with Gasteiger partial charge in [-0.15, -0.1) is 0 Å². The van der Waals surface area contributed by atoms with Crippen LogP contribution in [0.15, 0.2) is 24.3 Å². The first-order chi connectivity index (χ1) is 15.9. The third-order valence-electron chi connectivity index (χ3n) is 8.08. The van der Waals surface area contributed by atoms with Crippen LogP contribution >= 0.6 is 0 Å². The van der Waals surface area contributed by atoms with Crippen molar-refractivity contribution in [3.05, 3.63) is 34.4 Å². The molecule has 1 saturated heterocycles. The highest BCUT2D eigenvalue weighted by Gasteiger charge is 2.51. The van der Waals surface area contributed by atoms with Crippen LogP contribution in [0.5, 0.6) is 0 Å². The van der Waals surface area contributed by atoms with Gasteiger partial charge in [-0.3, -0.25) is 19.8 Å². The topological polar surface area (TPSA) is 117 Å². The van der Waals surface area contributed by atoms with Gasteiger partial charge in [-0.05, 0) is 75.2 Å². The number of amides is 3. The fraction of sp³-hybridized carbons (Fsp3) is 0.667. The van der Waals surface area contributed by atoms with Crippen LogP contribution in [0.2, 0.25) is 0 Å². The maximum atomic E-state index is 12.8. The van der Waals surface area contributed by atoms with Crippen molar-refractivity contribution in [3.63, 3.8) is 0 Å². The summed E-state index contributed by atoms with van der Waals surface area (Å²) in [4.78, 5) is 37.9. The van der Waals surface area contributed by atoms with E-state index in [0.717, 1.165) is 49.9 Å². The summed E-state index contributed by atoms with van der Waals surface area (Å²) in [7, 11) is 0. The van der Waals surface area contributed by atoms with Crippen LogP contribution in [-0.4, -0.2) is 53.0 Å². The van der Waals surface area contributed by atoms with E-state index in [9.17, 15) is 19.7 Å². The number of piperidine rings is 1. The molecule has 0 spiro atoms. The van der Waals surface area contributed by atoms with Crippen LogP contribution in [-0.2, 0) is 4.79 Å². The van der Waals surface area contributed by atoms with Crippen molar-refractivity contribution >= 4 is 23.3 Å². The lowest BCUT2D eigenvalue weighted by Crippen LogP contribution is -2.62. The molecule has 4 aliphatic carbocycles. The molecule has 4 saturated carbocycles. The van der Waals surface area contributed by atoms with Crippen molar-refractivity contribution in [1.82, 2.24) is 15.5 Å². The van der Waals surface area contributed by atoms with Crippen molar-refractivity contribution < 1.29 is 14.5 Å². The molecular weight excluding hydrogens is 422 g/mol. The van der Waals surface area contributed by atoms with E-state index in [1.807, 2.05) is 4.90 Å². The Morgan fingerprint density at radius 1 is 1.03 bits per heavy atom. The standard InChI is InChI=1S/C24H33N5O4/c30-22(26-20-3-1-2-4-21(20)29(32)33)15-28-7-5-19(6-8-28)25-23(31)27-24-12-16-9-17(13-24)11-18(10-16)14-24/h1-4,16-19H,5-15H2,(H,26,30)(H2,25,27,31). The number of benzene rings is 1. The minimum atomic E-state index is -0.499. The zero-order valence-electron chi connectivity index (χ0n) is 18.9. The Kier molecular flexibility index (Phi) is 5.99. The highest BCUT2D eigenvalue weighted by Crippen LogP contribution is 2.55. The molecule has 1 heterocycles. The van der Waals surface area contributed by atoms with E-state index in [2.05, 4.69) is 16.0 Å². The molecule has 3 N–H and O–H groups in total. The summed E-state index contributed by atoms with van der Waals surface area (Å²) >= 11 is 0. The third kappa shape index (κ3) is 4.98. The Morgan fingerprint density at radius 2 is 1.64 bits per heavy atom. The van der Waals surface area contributed by atoms with Gasteiger partial charge in [0.1, 0.15) is 5.69 Å². The monoisotopic (exact) mass is 455 g/mol. The Balaban J connectivity index is 1.06. The smallest absolute Gasteiger partial charge is 0.315 e. The lowest BCUT2D eigenvalue weighted by molar-refractivity contribution is -0.383. The summed E-state index contributed by atoms with van der Waals surface area (Å²) in [6.45, 7) is 1.58. The fourth-order valence-corrected chi connectivity index (χ4v) is 7.09. The number of urea groups is 1. The van der Waals surface area contributed by atoms with Crippen LogP contribution in [0.1, 0.15) is 51.4 Å². The molecule has 33 heavy (non-hydrogen) atoms. The second-order valence-electron chi connectivity index (χ2n) is 10.7. The highest BCUT2D eigenvalue weighted by atomic mass is 16.6. The third-order valence-corrected chi connectivity index (χ3v) is 8.08. The predicted octanol–water partition coefficient (Wildman–Crippen LogP) is 3.27. The average molecular weight is 456 g/mol. The molecule has 178 valence electrons. The van der Waals surface area contributed by atoms with Crippen molar-refractivity contribution in [2.24, 2.45) is 17.8 Å². The zero-order chi connectivity index (χ0) is 23.0. The number of anilines is 1. The minimum absolute atomic E-state index is 0.0116. The first-order valence-corrected chi connectivity index (χ1v) is 12.2. The van der Waals surface area contributed by atoms with Gasteiger partial charge in [0, 0.05) is 30.7 Å². The lowest BCUT2D eigenvalue weighted by atomic mass is 9.53. The molecule has 5 aliphatic rings. The number of nitro benzene ring substituents is 1. The SMILES string of the molecule is O=C(CN1CCC(NC(=O)NC23CC4CC(CC(C4)C2)C3)CC1)Nc1ccccc1[N+](=O)[O-]. The fourth-order valence-electron chi connectivity index (χ4n) is 7.09. The van der Waals surface area contributed by atoms with Gasteiger partial charge in [0.2, 0.25) is 5.91 Å². The van der Waals surface area contributed by atoms with E-state index in [4.69, 9.17) is 0 Å². The molecular formula is C24H33N5O4. The normalized spacial score (nSPS) is 31.2. The second-order valence-corrected chi connectivity index (χ2v) is 10.7. The highest BCUT2D eigenvalue weighted by molar-refractivity contribution is 5.94. The van der Waals surface area contributed by atoms with E-state index in [1.165, 1.54) is 31.4 Å². The van der Waals surface area contributed by atoms with Gasteiger partial charge < -0.3 is 16.0 Å². The molecule has 9 nitrogen and oxygen atoms in total. The van der Waals surface area contributed by atoms with Crippen LogP contribution in [0, 0.1) is 27.9 Å². The van der Waals surface area contributed by atoms with Crippen molar-refractivity contribution in [2.75, 3.05) is 25.0 Å². The van der Waals surface area contributed by atoms with Crippen molar-refractivity contribution in [2.45, 2.75) is 62.9 Å². The Bertz CT molecular complexity index is 892. The molecule has 1 aliphatic heterocycles. The van der Waals surface area contributed by atoms with Gasteiger partial charge in [0.15, 0.2) is 0 Å².